The highest BCUT2D eigenvalue weighted by molar-refractivity contribution is 7.12. The van der Waals surface area contributed by atoms with Crippen LogP contribution >= 0.6 is 11.3 Å². The first-order valence-corrected chi connectivity index (χ1v) is 7.20. The fraction of sp³-hybridized carbons (Fsp3) is 0.615. The molecular formula is C13H18N2OS. The van der Waals surface area contributed by atoms with E-state index >= 15 is 0 Å². The van der Waals surface area contributed by atoms with Crippen molar-refractivity contribution >= 4 is 17.2 Å². The van der Waals surface area contributed by atoms with Crippen molar-refractivity contribution in [3.63, 3.8) is 0 Å². The summed E-state index contributed by atoms with van der Waals surface area (Å²) in [5.41, 5.74) is 5.96. The molecule has 3 nitrogen and oxygen atoms in total. The summed E-state index contributed by atoms with van der Waals surface area (Å²) < 4.78 is 0. The fourth-order valence-electron chi connectivity index (χ4n) is 3.45. The molecule has 0 aliphatic heterocycles. The van der Waals surface area contributed by atoms with E-state index in [0.29, 0.717) is 12.1 Å². The molecule has 2 saturated carbocycles. The van der Waals surface area contributed by atoms with Gasteiger partial charge in [0.1, 0.15) is 0 Å². The highest BCUT2D eigenvalue weighted by Gasteiger charge is 2.40. The molecule has 3 N–H and O–H groups in total. The van der Waals surface area contributed by atoms with Gasteiger partial charge in [0.2, 0.25) is 0 Å². The van der Waals surface area contributed by atoms with Crippen molar-refractivity contribution in [3.05, 3.63) is 22.4 Å². The molecule has 92 valence electrons. The third kappa shape index (κ3) is 2.24. The Hall–Kier alpha value is -0.870. The Bertz CT molecular complexity index is 390. The lowest BCUT2D eigenvalue weighted by Crippen LogP contribution is -2.33. The SMILES string of the molecule is NC1CC2CC(NC(=O)c3cccs3)CC2C1. The van der Waals surface area contributed by atoms with Gasteiger partial charge in [0.25, 0.3) is 5.91 Å². The van der Waals surface area contributed by atoms with Gasteiger partial charge in [-0.25, -0.2) is 0 Å². The van der Waals surface area contributed by atoms with Gasteiger partial charge < -0.3 is 11.1 Å². The molecule has 17 heavy (non-hydrogen) atoms. The van der Waals surface area contributed by atoms with E-state index in [0.717, 1.165) is 42.4 Å². The monoisotopic (exact) mass is 250 g/mol. The smallest absolute Gasteiger partial charge is 0.261 e. The van der Waals surface area contributed by atoms with E-state index in [1.54, 1.807) is 0 Å². The highest BCUT2D eigenvalue weighted by atomic mass is 32.1. The second kappa shape index (κ2) is 4.42. The van der Waals surface area contributed by atoms with Crippen LogP contribution in [0.25, 0.3) is 0 Å². The van der Waals surface area contributed by atoms with Crippen LogP contribution in [-0.4, -0.2) is 18.0 Å². The third-order valence-electron chi connectivity index (χ3n) is 4.13. The molecule has 2 fully saturated rings. The van der Waals surface area contributed by atoms with Crippen LogP contribution in [0.4, 0.5) is 0 Å². The average molecular weight is 250 g/mol. The largest absolute Gasteiger partial charge is 0.349 e. The molecule has 1 heterocycles. The van der Waals surface area contributed by atoms with E-state index in [9.17, 15) is 4.79 Å². The topological polar surface area (TPSA) is 55.1 Å². The summed E-state index contributed by atoms with van der Waals surface area (Å²) in [6.45, 7) is 0. The lowest BCUT2D eigenvalue weighted by Gasteiger charge is -2.14. The van der Waals surface area contributed by atoms with Gasteiger partial charge >= 0.3 is 0 Å². The lowest BCUT2D eigenvalue weighted by molar-refractivity contribution is 0.0940. The normalized spacial score (nSPS) is 35.8. The number of carbonyl (C=O) groups is 1. The number of nitrogens with one attached hydrogen (secondary N) is 1. The van der Waals surface area contributed by atoms with Crippen LogP contribution in [0.3, 0.4) is 0 Å². The van der Waals surface area contributed by atoms with Crippen molar-refractivity contribution in [2.24, 2.45) is 17.6 Å². The molecule has 0 radical (unpaired) electrons. The van der Waals surface area contributed by atoms with E-state index < -0.39 is 0 Å². The van der Waals surface area contributed by atoms with Gasteiger partial charge in [-0.3, -0.25) is 4.79 Å². The van der Waals surface area contributed by atoms with Crippen LogP contribution in [0.5, 0.6) is 0 Å². The Morgan fingerprint density at radius 1 is 1.29 bits per heavy atom. The minimum Gasteiger partial charge on any atom is -0.349 e. The number of carbonyl (C=O) groups excluding carboxylic acids is 1. The standard InChI is InChI=1S/C13H18N2OS/c14-10-4-8-6-11(7-9(8)5-10)15-13(16)12-2-1-3-17-12/h1-3,8-11H,4-7,14H2,(H,15,16). The molecular weight excluding hydrogens is 232 g/mol. The Morgan fingerprint density at radius 3 is 2.59 bits per heavy atom. The fourth-order valence-corrected chi connectivity index (χ4v) is 4.07. The van der Waals surface area contributed by atoms with Crippen molar-refractivity contribution in [3.8, 4) is 0 Å². The average Bonchev–Trinajstić information content (AvgIpc) is 2.91. The number of thiophene rings is 1. The van der Waals surface area contributed by atoms with Gasteiger partial charge in [0, 0.05) is 12.1 Å². The van der Waals surface area contributed by atoms with Gasteiger partial charge in [0.05, 0.1) is 4.88 Å². The second-order valence-electron chi connectivity index (χ2n) is 5.37. The van der Waals surface area contributed by atoms with Crippen molar-refractivity contribution < 1.29 is 4.79 Å². The first-order valence-electron chi connectivity index (χ1n) is 6.32. The summed E-state index contributed by atoms with van der Waals surface area (Å²) in [7, 11) is 0. The quantitative estimate of drug-likeness (QED) is 0.843. The molecule has 3 rings (SSSR count). The second-order valence-corrected chi connectivity index (χ2v) is 6.32. The first kappa shape index (κ1) is 11.2. The maximum absolute atomic E-state index is 11.9. The maximum atomic E-state index is 11.9. The summed E-state index contributed by atoms with van der Waals surface area (Å²) in [4.78, 5) is 12.7. The van der Waals surface area contributed by atoms with Crippen LogP contribution in [-0.2, 0) is 0 Å². The molecule has 1 aromatic heterocycles. The molecule has 2 unspecified atom stereocenters. The Labute approximate surface area is 105 Å². The lowest BCUT2D eigenvalue weighted by atomic mass is 10.0. The van der Waals surface area contributed by atoms with Crippen molar-refractivity contribution in [2.75, 3.05) is 0 Å². The highest BCUT2D eigenvalue weighted by Crippen LogP contribution is 2.43. The zero-order valence-electron chi connectivity index (χ0n) is 9.76. The molecule has 4 heteroatoms. The number of nitrogens with two attached hydrogens (primary N) is 1. The molecule has 2 atom stereocenters. The molecule has 1 amide bonds. The first-order chi connectivity index (χ1) is 8.22. The number of hydrogen-bond donors (Lipinski definition) is 2. The molecule has 0 bridgehead atoms. The van der Waals surface area contributed by atoms with Crippen LogP contribution in [0, 0.1) is 11.8 Å². The van der Waals surface area contributed by atoms with E-state index in [2.05, 4.69) is 5.32 Å². The van der Waals surface area contributed by atoms with Gasteiger partial charge in [-0.2, -0.15) is 0 Å². The van der Waals surface area contributed by atoms with E-state index in [1.165, 1.54) is 11.3 Å². The summed E-state index contributed by atoms with van der Waals surface area (Å²) in [6, 6.07) is 4.57. The molecule has 2 aliphatic carbocycles. The zero-order chi connectivity index (χ0) is 11.8. The van der Waals surface area contributed by atoms with E-state index in [4.69, 9.17) is 5.73 Å². The molecule has 1 aromatic rings. The predicted octanol–water partition coefficient (Wildman–Crippen LogP) is 1.99. The molecule has 0 saturated heterocycles. The Kier molecular flexibility index (Phi) is 2.92. The van der Waals surface area contributed by atoms with Gasteiger partial charge in [-0.15, -0.1) is 11.3 Å². The van der Waals surface area contributed by atoms with Crippen molar-refractivity contribution in [1.82, 2.24) is 5.32 Å². The number of hydrogen-bond acceptors (Lipinski definition) is 3. The Balaban J connectivity index is 1.57. The summed E-state index contributed by atoms with van der Waals surface area (Å²) in [5, 5.41) is 5.10. The van der Waals surface area contributed by atoms with Crippen LogP contribution in [0.1, 0.15) is 35.4 Å². The van der Waals surface area contributed by atoms with Crippen LogP contribution in [0.2, 0.25) is 0 Å². The summed E-state index contributed by atoms with van der Waals surface area (Å²) >= 11 is 1.50. The van der Waals surface area contributed by atoms with E-state index in [-0.39, 0.29) is 5.91 Å². The minimum atomic E-state index is 0.0919. The van der Waals surface area contributed by atoms with Gasteiger partial charge in [-0.1, -0.05) is 6.07 Å². The number of rotatable bonds is 2. The predicted molar refractivity (Wildman–Crippen MR) is 69.0 cm³/mol. The minimum absolute atomic E-state index is 0.0919. The number of fused-ring (bicyclic) bond motifs is 1. The number of amides is 1. The van der Waals surface area contributed by atoms with Crippen molar-refractivity contribution in [1.29, 1.82) is 0 Å². The third-order valence-corrected chi connectivity index (χ3v) is 5.00. The van der Waals surface area contributed by atoms with E-state index in [1.807, 2.05) is 17.5 Å². The zero-order valence-corrected chi connectivity index (χ0v) is 10.6. The summed E-state index contributed by atoms with van der Waals surface area (Å²) in [6.07, 6.45) is 4.54. The van der Waals surface area contributed by atoms with Crippen molar-refractivity contribution in [2.45, 2.75) is 37.8 Å². The van der Waals surface area contributed by atoms with Crippen LogP contribution in [0.15, 0.2) is 17.5 Å². The van der Waals surface area contributed by atoms with Gasteiger partial charge in [0.15, 0.2) is 0 Å². The molecule has 0 aromatic carbocycles. The van der Waals surface area contributed by atoms with Gasteiger partial charge in [-0.05, 0) is 49.0 Å². The maximum Gasteiger partial charge on any atom is 0.261 e. The Morgan fingerprint density at radius 2 is 2.00 bits per heavy atom. The molecule has 2 aliphatic rings. The molecule has 0 spiro atoms. The summed E-state index contributed by atoms with van der Waals surface area (Å²) in [5.74, 6) is 1.59. The van der Waals surface area contributed by atoms with Crippen LogP contribution < -0.4 is 11.1 Å².